The minimum Gasteiger partial charge on any atom is -0.385 e. The smallest absolute Gasteiger partial charge is 0.221 e. The van der Waals surface area contributed by atoms with Crippen LogP contribution < -0.4 is 10.6 Å². The molecule has 4 heteroatoms. The summed E-state index contributed by atoms with van der Waals surface area (Å²) in [6, 6.07) is 4.74. The van der Waals surface area contributed by atoms with Gasteiger partial charge in [0.05, 0.1) is 5.69 Å². The Hall–Kier alpha value is -1.58. The molecule has 0 spiro atoms. The molecule has 20 heavy (non-hydrogen) atoms. The van der Waals surface area contributed by atoms with Crippen molar-refractivity contribution >= 4 is 17.3 Å². The monoisotopic (exact) mass is 278 g/mol. The molecular weight excluding hydrogens is 255 g/mol. The van der Waals surface area contributed by atoms with E-state index in [1.54, 1.807) is 12.1 Å². The number of hydrogen-bond acceptors (Lipinski definition) is 2. The van der Waals surface area contributed by atoms with E-state index in [-0.39, 0.29) is 11.6 Å². The highest BCUT2D eigenvalue weighted by atomic mass is 19.1. The molecule has 3 nitrogen and oxygen atoms in total. The van der Waals surface area contributed by atoms with Crippen LogP contribution in [0.2, 0.25) is 0 Å². The first kappa shape index (κ1) is 14.8. The van der Waals surface area contributed by atoms with Crippen LogP contribution in [0, 0.1) is 11.7 Å². The average molecular weight is 278 g/mol. The quantitative estimate of drug-likeness (QED) is 0.849. The van der Waals surface area contributed by atoms with Crippen molar-refractivity contribution in [3.63, 3.8) is 0 Å². The highest BCUT2D eigenvalue weighted by Gasteiger charge is 2.12. The van der Waals surface area contributed by atoms with Crippen LogP contribution in [-0.2, 0) is 4.79 Å². The Morgan fingerprint density at radius 2 is 2.05 bits per heavy atom. The van der Waals surface area contributed by atoms with Gasteiger partial charge in [-0.15, -0.1) is 0 Å². The van der Waals surface area contributed by atoms with E-state index in [9.17, 15) is 9.18 Å². The molecule has 2 N–H and O–H groups in total. The molecule has 1 aromatic rings. The van der Waals surface area contributed by atoms with Crippen molar-refractivity contribution in [1.82, 2.24) is 0 Å². The molecule has 0 bridgehead atoms. The second kappa shape index (κ2) is 7.27. The van der Waals surface area contributed by atoms with E-state index in [2.05, 4.69) is 10.6 Å². The van der Waals surface area contributed by atoms with Crippen molar-refractivity contribution in [2.45, 2.75) is 45.4 Å². The largest absolute Gasteiger partial charge is 0.385 e. The zero-order valence-electron chi connectivity index (χ0n) is 12.0. The van der Waals surface area contributed by atoms with Gasteiger partial charge in [0.2, 0.25) is 5.91 Å². The van der Waals surface area contributed by atoms with Crippen molar-refractivity contribution in [1.29, 1.82) is 0 Å². The summed E-state index contributed by atoms with van der Waals surface area (Å²) < 4.78 is 13.5. The van der Waals surface area contributed by atoms with Gasteiger partial charge >= 0.3 is 0 Å². The maximum Gasteiger partial charge on any atom is 0.221 e. The van der Waals surface area contributed by atoms with Gasteiger partial charge in [0.15, 0.2) is 0 Å². The van der Waals surface area contributed by atoms with Crippen LogP contribution in [0.4, 0.5) is 15.8 Å². The summed E-state index contributed by atoms with van der Waals surface area (Å²) in [6.07, 6.45) is 7.92. The van der Waals surface area contributed by atoms with Crippen molar-refractivity contribution in [2.24, 2.45) is 5.92 Å². The topological polar surface area (TPSA) is 41.1 Å². The lowest BCUT2D eigenvalue weighted by Gasteiger charge is -2.21. The summed E-state index contributed by atoms with van der Waals surface area (Å²) in [5.74, 6) is 0.160. The number of carbonyl (C=O) groups excluding carboxylic acids is 1. The third-order valence-corrected chi connectivity index (χ3v) is 3.88. The van der Waals surface area contributed by atoms with Crippen molar-refractivity contribution < 1.29 is 9.18 Å². The van der Waals surface area contributed by atoms with Crippen molar-refractivity contribution in [3.8, 4) is 0 Å². The SMILES string of the molecule is CC(=O)Nc1cc(NCCC2CCCCC2)ccc1F. The van der Waals surface area contributed by atoms with Gasteiger partial charge in [-0.25, -0.2) is 4.39 Å². The van der Waals surface area contributed by atoms with Crippen LogP contribution in [-0.4, -0.2) is 12.5 Å². The second-order valence-electron chi connectivity index (χ2n) is 5.60. The van der Waals surface area contributed by atoms with Crippen LogP contribution >= 0.6 is 0 Å². The Balaban J connectivity index is 1.84. The molecule has 1 aliphatic carbocycles. The molecule has 0 saturated heterocycles. The first-order chi connectivity index (χ1) is 9.65. The number of anilines is 2. The number of hydrogen-bond donors (Lipinski definition) is 2. The Labute approximate surface area is 120 Å². The summed E-state index contributed by atoms with van der Waals surface area (Å²) in [5.41, 5.74) is 1.09. The highest BCUT2D eigenvalue weighted by Crippen LogP contribution is 2.26. The maximum atomic E-state index is 13.5. The van der Waals surface area contributed by atoms with E-state index in [1.165, 1.54) is 45.1 Å². The molecule has 1 saturated carbocycles. The molecule has 0 radical (unpaired) electrons. The standard InChI is InChI=1S/C16H23FN2O/c1-12(20)19-16-11-14(7-8-15(16)17)18-10-9-13-5-3-2-4-6-13/h7-8,11,13,18H,2-6,9-10H2,1H3,(H,19,20). The third kappa shape index (κ3) is 4.51. The predicted molar refractivity (Wildman–Crippen MR) is 80.4 cm³/mol. The second-order valence-corrected chi connectivity index (χ2v) is 5.60. The fourth-order valence-corrected chi connectivity index (χ4v) is 2.82. The maximum absolute atomic E-state index is 13.5. The Morgan fingerprint density at radius 1 is 1.30 bits per heavy atom. The molecule has 1 fully saturated rings. The number of carbonyl (C=O) groups is 1. The van der Waals surface area contributed by atoms with Crippen LogP contribution in [0.1, 0.15) is 45.4 Å². The molecule has 0 aromatic heterocycles. The Bertz CT molecular complexity index is 456. The molecule has 0 unspecified atom stereocenters. The number of amides is 1. The summed E-state index contributed by atoms with van der Waals surface area (Å²) in [4.78, 5) is 11.0. The molecule has 1 amide bonds. The van der Waals surface area contributed by atoms with Crippen molar-refractivity contribution in [2.75, 3.05) is 17.2 Å². The zero-order chi connectivity index (χ0) is 14.4. The number of benzene rings is 1. The molecule has 110 valence electrons. The first-order valence-corrected chi connectivity index (χ1v) is 7.46. The average Bonchev–Trinajstić information content (AvgIpc) is 2.43. The molecule has 2 rings (SSSR count). The molecule has 0 atom stereocenters. The minimum absolute atomic E-state index is 0.236. The van der Waals surface area contributed by atoms with Gasteiger partial charge in [0.1, 0.15) is 5.82 Å². The number of halogens is 1. The fourth-order valence-electron chi connectivity index (χ4n) is 2.82. The van der Waals surface area contributed by atoms with Crippen LogP contribution in [0.3, 0.4) is 0 Å². The predicted octanol–water partition coefficient (Wildman–Crippen LogP) is 4.17. The van der Waals surface area contributed by atoms with E-state index in [0.29, 0.717) is 0 Å². The minimum atomic E-state index is -0.405. The first-order valence-electron chi connectivity index (χ1n) is 7.46. The van der Waals surface area contributed by atoms with Gasteiger partial charge < -0.3 is 10.6 Å². The molecular formula is C16H23FN2O. The van der Waals surface area contributed by atoms with Crippen LogP contribution in [0.5, 0.6) is 0 Å². The summed E-state index contributed by atoms with van der Waals surface area (Å²) >= 11 is 0. The van der Waals surface area contributed by atoms with Gasteiger partial charge in [0.25, 0.3) is 0 Å². The molecule has 0 heterocycles. The lowest BCUT2D eigenvalue weighted by molar-refractivity contribution is -0.114. The van der Waals surface area contributed by atoms with E-state index >= 15 is 0 Å². The van der Waals surface area contributed by atoms with Gasteiger partial charge in [-0.3, -0.25) is 4.79 Å². The Morgan fingerprint density at radius 3 is 2.75 bits per heavy atom. The van der Waals surface area contributed by atoms with Crippen molar-refractivity contribution in [3.05, 3.63) is 24.0 Å². The molecule has 1 aliphatic rings. The lowest BCUT2D eigenvalue weighted by Crippen LogP contribution is -2.12. The normalized spacial score (nSPS) is 15.9. The lowest BCUT2D eigenvalue weighted by atomic mass is 9.87. The molecule has 0 aliphatic heterocycles. The third-order valence-electron chi connectivity index (χ3n) is 3.88. The Kier molecular flexibility index (Phi) is 5.39. The van der Waals surface area contributed by atoms with Gasteiger partial charge in [0, 0.05) is 19.2 Å². The van der Waals surface area contributed by atoms with Crippen LogP contribution in [0.15, 0.2) is 18.2 Å². The molecule has 1 aromatic carbocycles. The summed E-state index contributed by atoms with van der Waals surface area (Å²) in [6.45, 7) is 2.28. The zero-order valence-corrected chi connectivity index (χ0v) is 12.0. The summed E-state index contributed by atoms with van der Waals surface area (Å²) in [5, 5.41) is 5.81. The van der Waals surface area contributed by atoms with Gasteiger partial charge in [-0.1, -0.05) is 32.1 Å². The number of nitrogens with one attached hydrogen (secondary N) is 2. The highest BCUT2D eigenvalue weighted by molar-refractivity contribution is 5.89. The van der Waals surface area contributed by atoms with Gasteiger partial charge in [-0.2, -0.15) is 0 Å². The fraction of sp³-hybridized carbons (Fsp3) is 0.562. The van der Waals surface area contributed by atoms with E-state index in [0.717, 1.165) is 24.6 Å². The van der Waals surface area contributed by atoms with E-state index < -0.39 is 5.82 Å². The summed E-state index contributed by atoms with van der Waals surface area (Å²) in [7, 11) is 0. The number of rotatable bonds is 5. The van der Waals surface area contributed by atoms with E-state index in [1.807, 2.05) is 0 Å². The van der Waals surface area contributed by atoms with E-state index in [4.69, 9.17) is 0 Å². The van der Waals surface area contributed by atoms with Crippen LogP contribution in [0.25, 0.3) is 0 Å². The van der Waals surface area contributed by atoms with Gasteiger partial charge in [-0.05, 0) is 30.5 Å².